The molecule has 2 amide bonds. The van der Waals surface area contributed by atoms with Gasteiger partial charge in [-0.05, 0) is 37.5 Å². The number of aryl methyl sites for hydroxylation is 1. The van der Waals surface area contributed by atoms with E-state index in [0.29, 0.717) is 11.4 Å². The summed E-state index contributed by atoms with van der Waals surface area (Å²) < 4.78 is 5.32. The Bertz CT molecular complexity index is 551. The highest BCUT2D eigenvalue weighted by Crippen LogP contribution is 2.29. The minimum Gasteiger partial charge on any atom is -0.495 e. The number of nitrogens with one attached hydrogen (secondary N) is 1. The van der Waals surface area contributed by atoms with E-state index in [2.05, 4.69) is 5.32 Å². The van der Waals surface area contributed by atoms with Crippen molar-refractivity contribution in [3.63, 3.8) is 0 Å². The van der Waals surface area contributed by atoms with Gasteiger partial charge < -0.3 is 10.1 Å². The van der Waals surface area contributed by atoms with E-state index >= 15 is 0 Å². The molecule has 0 atom stereocenters. The van der Waals surface area contributed by atoms with Crippen LogP contribution < -0.4 is 15.0 Å². The van der Waals surface area contributed by atoms with Crippen LogP contribution in [0.15, 0.2) is 18.2 Å². The molecule has 0 saturated heterocycles. The number of hydrogen-bond acceptors (Lipinski definition) is 3. The zero-order chi connectivity index (χ0) is 16.1. The maximum absolute atomic E-state index is 12.2. The second-order valence-corrected chi connectivity index (χ2v) is 5.83. The van der Waals surface area contributed by atoms with E-state index in [1.807, 2.05) is 25.1 Å². The van der Waals surface area contributed by atoms with Crippen molar-refractivity contribution in [1.82, 2.24) is 5.32 Å². The minimum absolute atomic E-state index is 0.0195. The maximum Gasteiger partial charge on any atom is 0.240 e. The van der Waals surface area contributed by atoms with Crippen molar-refractivity contribution in [1.29, 1.82) is 0 Å². The Hall–Kier alpha value is -2.04. The Kier molecular flexibility index (Phi) is 5.41. The lowest BCUT2D eigenvalue weighted by Crippen LogP contribution is -2.43. The van der Waals surface area contributed by atoms with Crippen LogP contribution in [0.5, 0.6) is 5.75 Å². The van der Waals surface area contributed by atoms with Crippen molar-refractivity contribution < 1.29 is 14.3 Å². The minimum atomic E-state index is -0.175. The SMILES string of the molecule is COc1ccc(C)cc1N(CC(=O)NC1CCCC1)C(C)=O. The highest BCUT2D eigenvalue weighted by molar-refractivity contribution is 5.98. The number of methoxy groups -OCH3 is 1. The van der Waals surface area contributed by atoms with Gasteiger partial charge in [-0.1, -0.05) is 18.9 Å². The summed E-state index contributed by atoms with van der Waals surface area (Å²) >= 11 is 0. The molecule has 2 rings (SSSR count). The van der Waals surface area contributed by atoms with Crippen molar-refractivity contribution in [2.45, 2.75) is 45.6 Å². The Morgan fingerprint density at radius 2 is 2.00 bits per heavy atom. The van der Waals surface area contributed by atoms with Gasteiger partial charge in [0.25, 0.3) is 0 Å². The van der Waals surface area contributed by atoms with Gasteiger partial charge >= 0.3 is 0 Å². The molecular formula is C17H24N2O3. The molecule has 0 aromatic heterocycles. The Morgan fingerprint density at radius 1 is 1.32 bits per heavy atom. The first-order chi connectivity index (χ1) is 10.5. The van der Waals surface area contributed by atoms with E-state index in [-0.39, 0.29) is 24.4 Å². The van der Waals surface area contributed by atoms with Crippen molar-refractivity contribution in [2.24, 2.45) is 0 Å². The summed E-state index contributed by atoms with van der Waals surface area (Å²) in [5.41, 5.74) is 1.65. The summed E-state index contributed by atoms with van der Waals surface area (Å²) in [6, 6.07) is 5.85. The molecular weight excluding hydrogens is 280 g/mol. The van der Waals surface area contributed by atoms with Crippen molar-refractivity contribution in [3.05, 3.63) is 23.8 Å². The highest BCUT2D eigenvalue weighted by atomic mass is 16.5. The fourth-order valence-electron chi connectivity index (χ4n) is 2.86. The van der Waals surface area contributed by atoms with Crippen LogP contribution >= 0.6 is 0 Å². The first kappa shape index (κ1) is 16.3. The molecule has 0 unspecified atom stereocenters. The summed E-state index contributed by atoms with van der Waals surface area (Å²) in [7, 11) is 1.56. The van der Waals surface area contributed by atoms with Crippen molar-refractivity contribution in [3.8, 4) is 5.75 Å². The maximum atomic E-state index is 12.2. The van der Waals surface area contributed by atoms with Gasteiger partial charge in [-0.15, -0.1) is 0 Å². The molecule has 0 spiro atoms. The molecule has 1 N–H and O–H groups in total. The monoisotopic (exact) mass is 304 g/mol. The average molecular weight is 304 g/mol. The summed E-state index contributed by atoms with van der Waals surface area (Å²) in [4.78, 5) is 25.7. The molecule has 0 radical (unpaired) electrons. The van der Waals surface area contributed by atoms with E-state index < -0.39 is 0 Å². The third kappa shape index (κ3) is 4.00. The number of rotatable bonds is 5. The fourth-order valence-corrected chi connectivity index (χ4v) is 2.86. The number of amides is 2. The molecule has 1 saturated carbocycles. The van der Waals surface area contributed by atoms with Gasteiger partial charge in [0.1, 0.15) is 12.3 Å². The molecule has 1 aromatic carbocycles. The predicted octanol–water partition coefficient (Wildman–Crippen LogP) is 2.42. The summed E-state index contributed by atoms with van der Waals surface area (Å²) in [5.74, 6) is 0.297. The van der Waals surface area contributed by atoms with E-state index in [1.165, 1.54) is 11.8 Å². The van der Waals surface area contributed by atoms with Gasteiger partial charge in [-0.2, -0.15) is 0 Å². The predicted molar refractivity (Wildman–Crippen MR) is 86.2 cm³/mol. The van der Waals surface area contributed by atoms with E-state index in [9.17, 15) is 9.59 Å². The van der Waals surface area contributed by atoms with Crippen LogP contribution in [0, 0.1) is 6.92 Å². The van der Waals surface area contributed by atoms with Gasteiger partial charge in [0.05, 0.1) is 12.8 Å². The zero-order valence-corrected chi connectivity index (χ0v) is 13.5. The van der Waals surface area contributed by atoms with Crippen LogP contribution in [0.25, 0.3) is 0 Å². The Balaban J connectivity index is 2.14. The second-order valence-electron chi connectivity index (χ2n) is 5.83. The topological polar surface area (TPSA) is 58.6 Å². The summed E-state index contributed by atoms with van der Waals surface area (Å²) in [6.07, 6.45) is 4.37. The third-order valence-electron chi connectivity index (χ3n) is 4.03. The van der Waals surface area contributed by atoms with Crippen LogP contribution in [0.3, 0.4) is 0 Å². The third-order valence-corrected chi connectivity index (χ3v) is 4.03. The molecule has 5 nitrogen and oxygen atoms in total. The molecule has 0 bridgehead atoms. The number of carbonyl (C=O) groups is 2. The van der Waals surface area contributed by atoms with Crippen molar-refractivity contribution in [2.75, 3.05) is 18.6 Å². The van der Waals surface area contributed by atoms with E-state index in [0.717, 1.165) is 31.2 Å². The molecule has 5 heteroatoms. The lowest BCUT2D eigenvalue weighted by molar-refractivity contribution is -0.123. The molecule has 1 fully saturated rings. The van der Waals surface area contributed by atoms with Gasteiger partial charge in [0.15, 0.2) is 0 Å². The lowest BCUT2D eigenvalue weighted by atomic mass is 10.2. The van der Waals surface area contributed by atoms with Crippen LogP contribution in [0.2, 0.25) is 0 Å². The molecule has 1 aliphatic carbocycles. The largest absolute Gasteiger partial charge is 0.495 e. The molecule has 120 valence electrons. The number of ether oxygens (including phenoxy) is 1. The summed E-state index contributed by atoms with van der Waals surface area (Å²) in [5, 5.41) is 3.01. The zero-order valence-electron chi connectivity index (χ0n) is 13.5. The van der Waals surface area contributed by atoms with E-state index in [1.54, 1.807) is 7.11 Å². The lowest BCUT2D eigenvalue weighted by Gasteiger charge is -2.24. The second kappa shape index (κ2) is 7.29. The van der Waals surface area contributed by atoms with Crippen LogP contribution in [-0.2, 0) is 9.59 Å². The molecule has 1 aromatic rings. The normalized spacial score (nSPS) is 14.7. The Morgan fingerprint density at radius 3 is 2.59 bits per heavy atom. The van der Waals surface area contributed by atoms with Crippen LogP contribution in [0.4, 0.5) is 5.69 Å². The van der Waals surface area contributed by atoms with Gasteiger partial charge in [-0.3, -0.25) is 14.5 Å². The first-order valence-corrected chi connectivity index (χ1v) is 7.73. The average Bonchev–Trinajstić information content (AvgIpc) is 2.97. The number of nitrogens with zero attached hydrogens (tertiary/aromatic N) is 1. The molecule has 1 aliphatic rings. The number of hydrogen-bond donors (Lipinski definition) is 1. The van der Waals surface area contributed by atoms with Gasteiger partial charge in [0.2, 0.25) is 11.8 Å². The summed E-state index contributed by atoms with van der Waals surface area (Å²) in [6.45, 7) is 3.43. The van der Waals surface area contributed by atoms with Crippen LogP contribution in [-0.4, -0.2) is 31.5 Å². The first-order valence-electron chi connectivity index (χ1n) is 7.73. The van der Waals surface area contributed by atoms with Crippen LogP contribution in [0.1, 0.15) is 38.2 Å². The highest BCUT2D eigenvalue weighted by Gasteiger charge is 2.22. The van der Waals surface area contributed by atoms with Gasteiger partial charge in [-0.25, -0.2) is 0 Å². The standard InChI is InChI=1S/C17H24N2O3/c1-12-8-9-16(22-3)15(10-12)19(13(2)20)11-17(21)18-14-6-4-5-7-14/h8-10,14H,4-7,11H2,1-3H3,(H,18,21). The quantitative estimate of drug-likeness (QED) is 0.909. The molecule has 0 aliphatic heterocycles. The number of anilines is 1. The molecule has 22 heavy (non-hydrogen) atoms. The number of carbonyl (C=O) groups excluding carboxylic acids is 2. The van der Waals surface area contributed by atoms with Gasteiger partial charge in [0, 0.05) is 13.0 Å². The molecule has 0 heterocycles. The van der Waals surface area contributed by atoms with E-state index in [4.69, 9.17) is 4.74 Å². The Labute approximate surface area is 131 Å². The number of benzene rings is 1. The van der Waals surface area contributed by atoms with Crippen molar-refractivity contribution >= 4 is 17.5 Å². The smallest absolute Gasteiger partial charge is 0.240 e. The fraction of sp³-hybridized carbons (Fsp3) is 0.529.